The summed E-state index contributed by atoms with van der Waals surface area (Å²) in [6.07, 6.45) is -0.145. The first kappa shape index (κ1) is 59.2. The second-order valence-corrected chi connectivity index (χ2v) is 21.1. The van der Waals surface area contributed by atoms with Gasteiger partial charge in [-0.15, -0.1) is 5.10 Å². The second kappa shape index (κ2) is 26.7. The molecule has 3 fully saturated rings. The molecule has 19 nitrogen and oxygen atoms in total. The summed E-state index contributed by atoms with van der Waals surface area (Å²) in [6.45, 7) is 14.9. The smallest absolute Gasteiger partial charge is 0.311 e. The van der Waals surface area contributed by atoms with E-state index in [2.05, 4.69) is 20.2 Å². The number of alkyl halides is 1. The van der Waals surface area contributed by atoms with E-state index in [-0.39, 0.29) is 36.9 Å². The molecule has 4 heterocycles. The van der Waals surface area contributed by atoms with Crippen LogP contribution in [0.1, 0.15) is 130 Å². The van der Waals surface area contributed by atoms with Crippen LogP contribution >= 0.6 is 0 Å². The Bertz CT molecular complexity index is 2040. The van der Waals surface area contributed by atoms with Crippen molar-refractivity contribution in [2.24, 2.45) is 22.4 Å². The number of allylic oxidation sites excluding steroid dienone is 1. The molecular weight excluding hydrogens is 932 g/mol. The van der Waals surface area contributed by atoms with Crippen molar-refractivity contribution in [3.8, 4) is 0 Å². The quantitative estimate of drug-likeness (QED) is 0.0793. The monoisotopic (exact) mass is 1020 g/mol. The number of nitrogens with two attached hydrogens (primary N) is 2. The molecule has 408 valence electrons. The topological polar surface area (TPSA) is 244 Å². The zero-order valence-corrected chi connectivity index (χ0v) is 44.9. The molecule has 72 heavy (non-hydrogen) atoms. The van der Waals surface area contributed by atoms with Crippen molar-refractivity contribution in [2.75, 3.05) is 48.1 Å². The van der Waals surface area contributed by atoms with E-state index < -0.39 is 91.1 Å². The van der Waals surface area contributed by atoms with Crippen molar-refractivity contribution >= 4 is 17.5 Å². The minimum absolute atomic E-state index is 0.0211. The average molecular weight is 1020 g/mol. The van der Waals surface area contributed by atoms with E-state index in [0.717, 1.165) is 12.0 Å². The van der Waals surface area contributed by atoms with Crippen LogP contribution in [0.2, 0.25) is 0 Å². The van der Waals surface area contributed by atoms with Crippen LogP contribution in [0.4, 0.5) is 10.1 Å². The zero-order chi connectivity index (χ0) is 53.1. The number of carbonyl (C=O) groups is 1. The first-order valence-corrected chi connectivity index (χ1v) is 25.7. The largest absolute Gasteiger partial charge is 0.459 e. The molecule has 2 aromatic rings. The van der Waals surface area contributed by atoms with E-state index in [9.17, 15) is 24.5 Å². The lowest BCUT2D eigenvalue weighted by Gasteiger charge is -2.43. The van der Waals surface area contributed by atoms with E-state index >= 15 is 0 Å². The number of methoxy groups -OCH3 is 2. The zero-order valence-electron chi connectivity index (χ0n) is 44.9. The number of cyclic esters (lactones) is 1. The maximum Gasteiger partial charge on any atom is 0.311 e. The molecule has 3 aliphatic heterocycles. The molecule has 1 aromatic heterocycles. The van der Waals surface area contributed by atoms with Crippen LogP contribution in [-0.4, -0.2) is 179 Å². The SMILES string of the molecule is CC[C@H]1OC(=O)[C@H](C)[C@@H](O[C@H]2C[C@@](C)(OC)C[C@H](C)O2)C[C@@H](O[C@H]2C[C@@H](N(C)CCc3cn([C@H](CF)[C@H](OC)c4ccc(N=C(N)C=C(C)N)cc4)nn3)C[C@@H](C)O2)[C@H](O)CCCN(C)[C@H](C)[C@@H](O)[C@]1(C)O. The molecule has 1 aromatic carbocycles. The van der Waals surface area contributed by atoms with Crippen molar-refractivity contribution in [1.82, 2.24) is 24.8 Å². The molecule has 0 unspecified atom stereocenters. The number of aliphatic hydroxyl groups excluding tert-OH is 2. The first-order valence-electron chi connectivity index (χ1n) is 25.7. The van der Waals surface area contributed by atoms with E-state index in [1.807, 2.05) is 58.8 Å². The van der Waals surface area contributed by atoms with Crippen LogP contribution < -0.4 is 11.5 Å². The average Bonchev–Trinajstić information content (AvgIpc) is 3.80. The van der Waals surface area contributed by atoms with Gasteiger partial charge in [0.2, 0.25) is 0 Å². The highest BCUT2D eigenvalue weighted by Crippen LogP contribution is 2.37. The summed E-state index contributed by atoms with van der Waals surface area (Å²) < 4.78 is 60.4. The van der Waals surface area contributed by atoms with Crippen LogP contribution in [-0.2, 0) is 44.4 Å². The number of likely N-dealkylation sites (N-methyl/N-ethyl adjacent to an activating group) is 2. The predicted molar refractivity (Wildman–Crippen MR) is 271 cm³/mol. The van der Waals surface area contributed by atoms with Gasteiger partial charge in [0.25, 0.3) is 0 Å². The predicted octanol–water partition coefficient (Wildman–Crippen LogP) is 5.03. The van der Waals surface area contributed by atoms with Gasteiger partial charge in [-0.25, -0.2) is 14.1 Å². The Morgan fingerprint density at radius 3 is 2.35 bits per heavy atom. The summed E-state index contributed by atoms with van der Waals surface area (Å²) in [5, 5.41) is 44.1. The van der Waals surface area contributed by atoms with E-state index in [1.54, 1.807) is 52.3 Å². The van der Waals surface area contributed by atoms with Gasteiger partial charge in [0.1, 0.15) is 42.5 Å². The van der Waals surface area contributed by atoms with Gasteiger partial charge in [0, 0.05) is 76.8 Å². The summed E-state index contributed by atoms with van der Waals surface area (Å²) >= 11 is 0. The Kier molecular flexibility index (Phi) is 22.0. The Morgan fingerprint density at radius 1 is 1.03 bits per heavy atom. The first-order chi connectivity index (χ1) is 34.0. The highest BCUT2D eigenvalue weighted by atomic mass is 19.1. The summed E-state index contributed by atoms with van der Waals surface area (Å²) in [6, 6.07) is 5.94. The number of aliphatic imine (C=N–C) groups is 1. The number of aromatic nitrogens is 3. The van der Waals surface area contributed by atoms with Gasteiger partial charge in [-0.1, -0.05) is 24.3 Å². The number of rotatable bonds is 17. The summed E-state index contributed by atoms with van der Waals surface area (Å²) in [5.41, 5.74) is 12.0. The van der Waals surface area contributed by atoms with E-state index in [0.29, 0.717) is 68.7 Å². The molecule has 3 saturated heterocycles. The summed E-state index contributed by atoms with van der Waals surface area (Å²) in [4.78, 5) is 22.8. The van der Waals surface area contributed by atoms with Crippen LogP contribution in [0.15, 0.2) is 47.2 Å². The van der Waals surface area contributed by atoms with Crippen molar-refractivity contribution in [3.63, 3.8) is 0 Å². The fraction of sp³-hybridized carbons (Fsp3) is 0.769. The lowest BCUT2D eigenvalue weighted by atomic mass is 9.86. The second-order valence-electron chi connectivity index (χ2n) is 21.1. The normalized spacial score (nSPS) is 35.3. The Hall–Kier alpha value is -3.67. The lowest BCUT2D eigenvalue weighted by molar-refractivity contribution is -0.272. The molecule has 20 heteroatoms. The number of amidine groups is 1. The van der Waals surface area contributed by atoms with Crippen LogP contribution in [0.5, 0.6) is 0 Å². The number of halogens is 1. The molecule has 7 N–H and O–H groups in total. The van der Waals surface area contributed by atoms with Crippen molar-refractivity contribution < 1.29 is 57.7 Å². The molecule has 0 aliphatic carbocycles. The van der Waals surface area contributed by atoms with E-state index in [1.165, 1.54) is 18.7 Å². The molecule has 16 atom stereocenters. The standard InChI is InChI=1S/C52H87FN8O11/c1-13-44-52(8,65)49(63)35(6)59(9)21-14-15-41(62)43(26-42(34(5)50(64)72-44)70-47-28-51(7,67-12)27-33(4)69-47)71-46-25-39(24-32(3)68-46)60(10)22-20-38-30-61(58-57-38)40(29-53)48(66-11)36-16-18-37(19-17-36)56-45(55)23-31(2)54/h16-19,23,30,32-35,39-44,46-49,62-63,65H,13-15,20-22,24-29,54H2,1-12H3,(H2,55,56)/t32-,33+,34-,35-,39+,40-,41-,42+,43-,44-,46+,47+,48-,49-,51+,52-/m1/s1. The molecule has 0 bridgehead atoms. The maximum atomic E-state index is 14.8. The molecule has 5 rings (SSSR count). The Balaban J connectivity index is 1.32. The minimum atomic E-state index is -1.77. The third-order valence-electron chi connectivity index (χ3n) is 15.0. The number of esters is 1. The number of aliphatic hydroxyl groups is 3. The maximum absolute atomic E-state index is 14.8. The number of nitrogens with zero attached hydrogens (tertiary/aromatic N) is 6. The third-order valence-corrected chi connectivity index (χ3v) is 15.0. The molecule has 0 saturated carbocycles. The van der Waals surface area contributed by atoms with Gasteiger partial charge >= 0.3 is 5.97 Å². The third kappa shape index (κ3) is 15.9. The van der Waals surface area contributed by atoms with Gasteiger partial charge < -0.3 is 69.7 Å². The molecule has 0 amide bonds. The van der Waals surface area contributed by atoms with Gasteiger partial charge in [-0.3, -0.25) is 4.79 Å². The van der Waals surface area contributed by atoms with Gasteiger partial charge in [0.05, 0.1) is 53.4 Å². The molecule has 0 radical (unpaired) electrons. The highest BCUT2D eigenvalue weighted by Gasteiger charge is 2.47. The Morgan fingerprint density at radius 2 is 1.71 bits per heavy atom. The lowest BCUT2D eigenvalue weighted by Crippen LogP contribution is -2.58. The van der Waals surface area contributed by atoms with E-state index in [4.69, 9.17) is 44.6 Å². The fourth-order valence-corrected chi connectivity index (χ4v) is 10.4. The molecular formula is C52H87FN8O11. The molecule has 0 spiro atoms. The Labute approximate surface area is 426 Å². The summed E-state index contributed by atoms with van der Waals surface area (Å²) in [5.74, 6) is -1.26. The number of benzene rings is 1. The summed E-state index contributed by atoms with van der Waals surface area (Å²) in [7, 11) is 7.08. The van der Waals surface area contributed by atoms with Crippen LogP contribution in [0.3, 0.4) is 0 Å². The number of carbonyl (C=O) groups excluding carboxylic acids is 1. The van der Waals surface area contributed by atoms with Crippen molar-refractivity contribution in [2.45, 2.75) is 204 Å². The van der Waals surface area contributed by atoms with Crippen molar-refractivity contribution in [1.29, 1.82) is 0 Å². The van der Waals surface area contributed by atoms with Crippen LogP contribution in [0.25, 0.3) is 0 Å². The molecule has 3 aliphatic rings. The fourth-order valence-electron chi connectivity index (χ4n) is 10.4. The number of hydrogen-bond donors (Lipinski definition) is 5. The van der Waals surface area contributed by atoms with Gasteiger partial charge in [-0.05, 0) is 119 Å². The highest BCUT2D eigenvalue weighted by molar-refractivity contribution is 5.93. The minimum Gasteiger partial charge on any atom is -0.459 e. The van der Waals surface area contributed by atoms with Gasteiger partial charge in [0.15, 0.2) is 12.6 Å². The van der Waals surface area contributed by atoms with Crippen molar-refractivity contribution in [3.05, 3.63) is 53.5 Å². The van der Waals surface area contributed by atoms with Crippen LogP contribution in [0, 0.1) is 5.92 Å². The number of hydrogen-bond acceptors (Lipinski definition) is 17. The number of ether oxygens (including phenoxy) is 7. The van der Waals surface area contributed by atoms with Gasteiger partial charge in [-0.2, -0.15) is 0 Å².